The Kier molecular flexibility index (Phi) is 5.95. The molecule has 24 heavy (non-hydrogen) atoms. The van der Waals surface area contributed by atoms with Gasteiger partial charge in [0.2, 0.25) is 5.91 Å². The van der Waals surface area contributed by atoms with Crippen molar-refractivity contribution in [3.8, 4) is 5.75 Å². The number of nitrogens with two attached hydrogens (primary N) is 1. The standard InChI is InChI=1S/C17H20N2O5/c18-14-6-5-13(24-7-3-1-2-4-16(21)22)9-11(14)8-12-10-15(20)19-17(12)23/h5-6,8-9H,1-4,7,10,18H2,(H,21,22)(H,19,20,23). The third-order valence-corrected chi connectivity index (χ3v) is 3.59. The molecule has 0 bridgehead atoms. The van der Waals surface area contributed by atoms with Crippen LogP contribution >= 0.6 is 0 Å². The maximum atomic E-state index is 11.6. The molecular weight excluding hydrogens is 312 g/mol. The van der Waals surface area contributed by atoms with E-state index in [-0.39, 0.29) is 18.7 Å². The Labute approximate surface area is 139 Å². The van der Waals surface area contributed by atoms with Crippen molar-refractivity contribution in [1.29, 1.82) is 0 Å². The van der Waals surface area contributed by atoms with Crippen molar-refractivity contribution >= 4 is 29.5 Å². The van der Waals surface area contributed by atoms with E-state index in [1.807, 2.05) is 0 Å². The molecule has 4 N–H and O–H groups in total. The van der Waals surface area contributed by atoms with Gasteiger partial charge in [-0.15, -0.1) is 0 Å². The topological polar surface area (TPSA) is 119 Å². The van der Waals surface area contributed by atoms with Crippen LogP contribution in [0.1, 0.15) is 37.7 Å². The van der Waals surface area contributed by atoms with Crippen molar-refractivity contribution in [2.75, 3.05) is 12.3 Å². The highest BCUT2D eigenvalue weighted by molar-refractivity contribution is 6.15. The van der Waals surface area contributed by atoms with Gasteiger partial charge in [0.15, 0.2) is 0 Å². The van der Waals surface area contributed by atoms with Crippen LogP contribution in [0.25, 0.3) is 6.08 Å². The summed E-state index contributed by atoms with van der Waals surface area (Å²) in [7, 11) is 0. The fraction of sp³-hybridized carbons (Fsp3) is 0.353. The predicted molar refractivity (Wildman–Crippen MR) is 88.2 cm³/mol. The average molecular weight is 332 g/mol. The molecule has 0 spiro atoms. The third kappa shape index (κ3) is 5.12. The van der Waals surface area contributed by atoms with E-state index in [1.54, 1.807) is 24.3 Å². The third-order valence-electron chi connectivity index (χ3n) is 3.59. The second-order valence-electron chi connectivity index (χ2n) is 5.57. The molecule has 1 aliphatic heterocycles. The molecule has 128 valence electrons. The van der Waals surface area contributed by atoms with Crippen molar-refractivity contribution in [1.82, 2.24) is 5.32 Å². The van der Waals surface area contributed by atoms with Crippen molar-refractivity contribution in [2.24, 2.45) is 0 Å². The maximum absolute atomic E-state index is 11.6. The first-order chi connectivity index (χ1) is 11.5. The van der Waals surface area contributed by atoms with Gasteiger partial charge >= 0.3 is 5.97 Å². The second kappa shape index (κ2) is 8.14. The van der Waals surface area contributed by atoms with Gasteiger partial charge in [0, 0.05) is 23.2 Å². The summed E-state index contributed by atoms with van der Waals surface area (Å²) in [5.41, 5.74) is 7.38. The van der Waals surface area contributed by atoms with Crippen LogP contribution in [0.15, 0.2) is 23.8 Å². The molecule has 1 saturated heterocycles. The highest BCUT2D eigenvalue weighted by atomic mass is 16.5. The molecule has 0 aliphatic carbocycles. The number of carbonyl (C=O) groups excluding carboxylic acids is 2. The van der Waals surface area contributed by atoms with Crippen LogP contribution in [0.2, 0.25) is 0 Å². The van der Waals surface area contributed by atoms with E-state index >= 15 is 0 Å². The highest BCUT2D eigenvalue weighted by Gasteiger charge is 2.23. The second-order valence-corrected chi connectivity index (χ2v) is 5.57. The number of carboxylic acids is 1. The van der Waals surface area contributed by atoms with Crippen molar-refractivity contribution in [3.63, 3.8) is 0 Å². The number of ether oxygens (including phenoxy) is 1. The number of hydrogen-bond donors (Lipinski definition) is 3. The first-order valence-electron chi connectivity index (χ1n) is 7.74. The van der Waals surface area contributed by atoms with Crippen LogP contribution in [0.3, 0.4) is 0 Å². The lowest BCUT2D eigenvalue weighted by molar-refractivity contribution is -0.137. The molecule has 0 aromatic heterocycles. The molecule has 2 amide bonds. The van der Waals surface area contributed by atoms with Gasteiger partial charge in [-0.3, -0.25) is 19.7 Å². The Bertz CT molecular complexity index is 682. The van der Waals surface area contributed by atoms with Gasteiger partial charge in [-0.25, -0.2) is 0 Å². The summed E-state index contributed by atoms with van der Waals surface area (Å²) in [4.78, 5) is 33.2. The number of carboxylic acid groups (broad SMARTS) is 1. The molecule has 1 fully saturated rings. The summed E-state index contributed by atoms with van der Waals surface area (Å²) in [6.45, 7) is 0.471. The molecule has 0 unspecified atom stereocenters. The molecule has 1 aliphatic rings. The van der Waals surface area contributed by atoms with Gasteiger partial charge in [-0.2, -0.15) is 0 Å². The summed E-state index contributed by atoms with van der Waals surface area (Å²) in [5, 5.41) is 10.8. The molecule has 1 aromatic rings. The first-order valence-corrected chi connectivity index (χ1v) is 7.74. The summed E-state index contributed by atoms with van der Waals surface area (Å²) >= 11 is 0. The number of hydrogen-bond acceptors (Lipinski definition) is 5. The van der Waals surface area contributed by atoms with Crippen LogP contribution in [-0.2, 0) is 14.4 Å². The monoisotopic (exact) mass is 332 g/mol. The number of imide groups is 1. The molecule has 0 radical (unpaired) electrons. The van der Waals surface area contributed by atoms with E-state index in [0.717, 1.165) is 12.8 Å². The van der Waals surface area contributed by atoms with Crippen LogP contribution < -0.4 is 15.8 Å². The van der Waals surface area contributed by atoms with E-state index < -0.39 is 11.9 Å². The molecule has 0 saturated carbocycles. The Hall–Kier alpha value is -2.83. The molecule has 2 rings (SSSR count). The van der Waals surface area contributed by atoms with E-state index in [1.165, 1.54) is 0 Å². The smallest absolute Gasteiger partial charge is 0.303 e. The fourth-order valence-electron chi connectivity index (χ4n) is 2.32. The molecule has 1 heterocycles. The summed E-state index contributed by atoms with van der Waals surface area (Å²) < 4.78 is 5.62. The SMILES string of the molecule is Nc1ccc(OCCCCCC(=O)O)cc1C=C1CC(=O)NC1=O. The largest absolute Gasteiger partial charge is 0.494 e. The van der Waals surface area contributed by atoms with Gasteiger partial charge in [-0.1, -0.05) is 0 Å². The van der Waals surface area contributed by atoms with E-state index in [9.17, 15) is 14.4 Å². The first kappa shape index (κ1) is 17.5. The van der Waals surface area contributed by atoms with Crippen molar-refractivity contribution in [3.05, 3.63) is 29.3 Å². The predicted octanol–water partition coefficient (Wildman–Crippen LogP) is 1.72. The lowest BCUT2D eigenvalue weighted by Gasteiger charge is -2.09. The Morgan fingerprint density at radius 2 is 2.08 bits per heavy atom. The summed E-state index contributed by atoms with van der Waals surface area (Å²) in [6, 6.07) is 5.13. The van der Waals surface area contributed by atoms with Crippen LogP contribution in [0.5, 0.6) is 5.75 Å². The Morgan fingerprint density at radius 3 is 2.75 bits per heavy atom. The number of anilines is 1. The van der Waals surface area contributed by atoms with Gasteiger partial charge in [-0.05, 0) is 43.5 Å². The zero-order chi connectivity index (χ0) is 17.5. The van der Waals surface area contributed by atoms with E-state index in [2.05, 4.69) is 5.32 Å². The zero-order valence-electron chi connectivity index (χ0n) is 13.2. The van der Waals surface area contributed by atoms with Gasteiger partial charge in [0.05, 0.1) is 13.0 Å². The van der Waals surface area contributed by atoms with Gasteiger partial charge in [0.1, 0.15) is 5.75 Å². The Morgan fingerprint density at radius 1 is 1.29 bits per heavy atom. The van der Waals surface area contributed by atoms with Crippen molar-refractivity contribution in [2.45, 2.75) is 32.1 Å². The van der Waals surface area contributed by atoms with E-state index in [0.29, 0.717) is 35.6 Å². The summed E-state index contributed by atoms with van der Waals surface area (Å²) in [5.74, 6) is -0.900. The van der Waals surface area contributed by atoms with Crippen LogP contribution in [0.4, 0.5) is 5.69 Å². The normalized spacial score (nSPS) is 15.6. The molecule has 0 atom stereocenters. The highest BCUT2D eigenvalue weighted by Crippen LogP contribution is 2.24. The molecular formula is C17H20N2O5. The number of amides is 2. The van der Waals surface area contributed by atoms with Gasteiger partial charge < -0.3 is 15.6 Å². The number of carbonyl (C=O) groups is 3. The maximum Gasteiger partial charge on any atom is 0.303 e. The van der Waals surface area contributed by atoms with Gasteiger partial charge in [0.25, 0.3) is 5.91 Å². The minimum absolute atomic E-state index is 0.0485. The number of rotatable bonds is 8. The molecule has 1 aromatic carbocycles. The lowest BCUT2D eigenvalue weighted by Crippen LogP contribution is -2.19. The lowest BCUT2D eigenvalue weighted by atomic mass is 10.1. The average Bonchev–Trinajstić information content (AvgIpc) is 2.83. The fourth-order valence-corrected chi connectivity index (χ4v) is 2.32. The quantitative estimate of drug-likeness (QED) is 0.289. The number of nitrogen functional groups attached to an aromatic ring is 1. The minimum Gasteiger partial charge on any atom is -0.494 e. The van der Waals surface area contributed by atoms with Crippen LogP contribution in [0, 0.1) is 0 Å². The number of unbranched alkanes of at least 4 members (excludes halogenated alkanes) is 2. The van der Waals surface area contributed by atoms with Crippen LogP contribution in [-0.4, -0.2) is 29.5 Å². The number of aliphatic carboxylic acids is 1. The van der Waals surface area contributed by atoms with E-state index in [4.69, 9.17) is 15.6 Å². The summed E-state index contributed by atoms with van der Waals surface area (Å²) in [6.07, 6.45) is 3.97. The molecule has 7 nitrogen and oxygen atoms in total. The Balaban J connectivity index is 1.91. The minimum atomic E-state index is -0.790. The number of nitrogens with one attached hydrogen (secondary N) is 1. The van der Waals surface area contributed by atoms with Crippen molar-refractivity contribution < 1.29 is 24.2 Å². The molecule has 7 heteroatoms. The zero-order valence-corrected chi connectivity index (χ0v) is 13.2. The number of benzene rings is 1.